The van der Waals surface area contributed by atoms with E-state index in [1.807, 2.05) is 0 Å². The molecule has 3 saturated heterocycles. The quantitative estimate of drug-likeness (QED) is 0.690. The second kappa shape index (κ2) is 7.42. The molecule has 3 heterocycles. The van der Waals surface area contributed by atoms with Crippen LogP contribution in [0.2, 0.25) is 0 Å². The molecule has 31 heavy (non-hydrogen) atoms. The molecule has 0 aromatic heterocycles. The van der Waals surface area contributed by atoms with Crippen LogP contribution in [-0.2, 0) is 28.4 Å². The third kappa shape index (κ3) is 3.51. The number of carbonyl (C=O) groups is 2. The Morgan fingerprint density at radius 1 is 0.871 bits per heavy atom. The molecule has 5 rings (SSSR count). The van der Waals surface area contributed by atoms with Crippen molar-refractivity contribution in [2.45, 2.75) is 50.0 Å². The van der Waals surface area contributed by atoms with Crippen LogP contribution in [0.1, 0.15) is 34.6 Å². The Bertz CT molecular complexity index is 976. The minimum absolute atomic E-state index is 0.0156. The van der Waals surface area contributed by atoms with Crippen LogP contribution in [-0.4, -0.2) is 54.7 Å². The molecule has 3 aliphatic heterocycles. The van der Waals surface area contributed by atoms with Crippen molar-refractivity contribution >= 4 is 11.9 Å². The fraction of sp³-hybridized carbons (Fsp3) is 0.391. The molecule has 162 valence electrons. The van der Waals surface area contributed by atoms with Crippen molar-refractivity contribution in [3.05, 3.63) is 71.8 Å². The van der Waals surface area contributed by atoms with Gasteiger partial charge in [0, 0.05) is 0 Å². The van der Waals surface area contributed by atoms with E-state index in [2.05, 4.69) is 0 Å². The number of hydrogen-bond donors (Lipinski definition) is 0. The maximum Gasteiger partial charge on any atom is 0.340 e. The van der Waals surface area contributed by atoms with Gasteiger partial charge in [-0.2, -0.15) is 0 Å². The molecule has 0 unspecified atom stereocenters. The van der Waals surface area contributed by atoms with Gasteiger partial charge in [0.25, 0.3) is 5.79 Å². The van der Waals surface area contributed by atoms with Crippen LogP contribution >= 0.6 is 0 Å². The lowest BCUT2D eigenvalue weighted by Gasteiger charge is -2.32. The minimum atomic E-state index is -1.60. The minimum Gasteiger partial charge on any atom is -0.453 e. The molecule has 3 fully saturated rings. The fourth-order valence-corrected chi connectivity index (χ4v) is 4.11. The number of esters is 2. The lowest BCUT2D eigenvalue weighted by molar-refractivity contribution is -0.272. The molecule has 0 bridgehead atoms. The van der Waals surface area contributed by atoms with Gasteiger partial charge >= 0.3 is 11.9 Å². The summed E-state index contributed by atoms with van der Waals surface area (Å²) in [6, 6.07) is 17.1. The van der Waals surface area contributed by atoms with Crippen molar-refractivity contribution in [2.75, 3.05) is 6.61 Å². The number of hydrogen-bond acceptors (Lipinski definition) is 8. The molecule has 0 radical (unpaired) electrons. The summed E-state index contributed by atoms with van der Waals surface area (Å²) in [4.78, 5) is 25.5. The molecule has 0 aliphatic carbocycles. The van der Waals surface area contributed by atoms with E-state index >= 15 is 0 Å². The van der Waals surface area contributed by atoms with Crippen molar-refractivity contribution in [1.29, 1.82) is 0 Å². The van der Waals surface area contributed by atoms with E-state index in [-0.39, 0.29) is 6.61 Å². The Labute approximate surface area is 178 Å². The molecule has 2 aromatic carbocycles. The highest BCUT2D eigenvalue weighted by atomic mass is 16.9. The summed E-state index contributed by atoms with van der Waals surface area (Å²) in [7, 11) is 0. The largest absolute Gasteiger partial charge is 0.453 e. The Hall–Kier alpha value is -2.78. The molecule has 0 spiro atoms. The highest BCUT2D eigenvalue weighted by molar-refractivity contribution is 5.90. The van der Waals surface area contributed by atoms with E-state index in [1.54, 1.807) is 74.5 Å². The van der Waals surface area contributed by atoms with E-state index in [4.69, 9.17) is 28.4 Å². The first-order valence-corrected chi connectivity index (χ1v) is 10.1. The molecular formula is C23H22O8. The van der Waals surface area contributed by atoms with Gasteiger partial charge in [-0.1, -0.05) is 36.4 Å². The molecule has 8 nitrogen and oxygen atoms in total. The van der Waals surface area contributed by atoms with E-state index in [9.17, 15) is 9.59 Å². The molecule has 0 amide bonds. The van der Waals surface area contributed by atoms with Crippen molar-refractivity contribution in [3.63, 3.8) is 0 Å². The summed E-state index contributed by atoms with van der Waals surface area (Å²) >= 11 is 0. The zero-order valence-corrected chi connectivity index (χ0v) is 17.1. The van der Waals surface area contributed by atoms with Gasteiger partial charge in [0.2, 0.25) is 0 Å². The summed E-state index contributed by atoms with van der Waals surface area (Å²) in [5, 5.41) is 0. The number of carbonyl (C=O) groups excluding carboxylic acids is 2. The first-order chi connectivity index (χ1) is 14.9. The van der Waals surface area contributed by atoms with Crippen LogP contribution in [0.15, 0.2) is 60.7 Å². The Morgan fingerprint density at radius 2 is 1.48 bits per heavy atom. The first kappa shape index (κ1) is 20.1. The Balaban J connectivity index is 1.41. The Kier molecular flexibility index (Phi) is 4.82. The maximum atomic E-state index is 12.9. The van der Waals surface area contributed by atoms with E-state index in [0.717, 1.165) is 0 Å². The predicted octanol–water partition coefficient (Wildman–Crippen LogP) is 2.67. The smallest absolute Gasteiger partial charge is 0.340 e. The van der Waals surface area contributed by atoms with Gasteiger partial charge in [-0.05, 0) is 38.1 Å². The van der Waals surface area contributed by atoms with E-state index in [0.29, 0.717) is 11.1 Å². The topological polar surface area (TPSA) is 89.5 Å². The predicted molar refractivity (Wildman–Crippen MR) is 105 cm³/mol. The summed E-state index contributed by atoms with van der Waals surface area (Å²) in [6.07, 6.45) is -3.38. The van der Waals surface area contributed by atoms with Gasteiger partial charge in [0.05, 0.1) is 17.7 Å². The normalized spacial score (nSPS) is 32.8. The van der Waals surface area contributed by atoms with Crippen molar-refractivity contribution in [2.24, 2.45) is 0 Å². The molecule has 5 atom stereocenters. The second-order valence-corrected chi connectivity index (χ2v) is 8.08. The van der Waals surface area contributed by atoms with Crippen LogP contribution in [0.25, 0.3) is 0 Å². The van der Waals surface area contributed by atoms with Gasteiger partial charge in [-0.25, -0.2) is 9.59 Å². The monoisotopic (exact) mass is 426 g/mol. The summed E-state index contributed by atoms with van der Waals surface area (Å²) < 4.78 is 35.2. The fourth-order valence-electron chi connectivity index (χ4n) is 4.11. The highest BCUT2D eigenvalue weighted by Gasteiger charge is 2.73. The average molecular weight is 426 g/mol. The van der Waals surface area contributed by atoms with E-state index in [1.165, 1.54) is 0 Å². The van der Waals surface area contributed by atoms with Crippen molar-refractivity contribution in [1.82, 2.24) is 0 Å². The molecular weight excluding hydrogens is 404 g/mol. The van der Waals surface area contributed by atoms with Crippen LogP contribution in [0.3, 0.4) is 0 Å². The average Bonchev–Trinajstić information content (AvgIpc) is 3.35. The van der Waals surface area contributed by atoms with Crippen LogP contribution in [0.4, 0.5) is 0 Å². The van der Waals surface area contributed by atoms with Crippen LogP contribution in [0.5, 0.6) is 0 Å². The number of rotatable bonds is 4. The standard InChI is InChI=1S/C23H22O8/c1-22(2)29-18-21(31-22)28-17-16(27-19(24)14-9-5-3-6-10-14)13-26-23(17,18)30-20(25)15-11-7-4-8-12-15/h3-12,16-18,21H,13H2,1-2H3/t16-,17-,18+,21-,23-/m1/s1. The summed E-state index contributed by atoms with van der Waals surface area (Å²) in [6.45, 7) is 3.45. The van der Waals surface area contributed by atoms with Gasteiger partial charge in [-0.3, -0.25) is 0 Å². The Morgan fingerprint density at radius 3 is 2.13 bits per heavy atom. The highest BCUT2D eigenvalue weighted by Crippen LogP contribution is 2.50. The van der Waals surface area contributed by atoms with Crippen molar-refractivity contribution < 1.29 is 38.0 Å². The first-order valence-electron chi connectivity index (χ1n) is 10.1. The second-order valence-electron chi connectivity index (χ2n) is 8.08. The molecule has 0 saturated carbocycles. The maximum absolute atomic E-state index is 12.9. The van der Waals surface area contributed by atoms with Gasteiger partial charge in [-0.15, -0.1) is 0 Å². The third-order valence-corrected chi connectivity index (χ3v) is 5.47. The lowest BCUT2D eigenvalue weighted by Crippen LogP contribution is -2.52. The van der Waals surface area contributed by atoms with Gasteiger partial charge in [0.15, 0.2) is 30.4 Å². The van der Waals surface area contributed by atoms with Crippen LogP contribution < -0.4 is 0 Å². The zero-order chi connectivity index (χ0) is 21.6. The van der Waals surface area contributed by atoms with Gasteiger partial charge < -0.3 is 28.4 Å². The van der Waals surface area contributed by atoms with Crippen molar-refractivity contribution in [3.8, 4) is 0 Å². The molecule has 2 aromatic rings. The number of benzene rings is 2. The van der Waals surface area contributed by atoms with E-state index < -0.39 is 48.1 Å². The lowest BCUT2D eigenvalue weighted by atomic mass is 10.0. The SMILES string of the molecule is CC1(C)O[C@H]2O[C@@H]3[C@H](OC(=O)c4ccccc4)CO[C@]3(OC(=O)c3ccccc3)[C@H]2O1. The van der Waals surface area contributed by atoms with Crippen LogP contribution in [0, 0.1) is 0 Å². The summed E-state index contributed by atoms with van der Waals surface area (Å²) in [5.41, 5.74) is 0.749. The molecule has 0 N–H and O–H groups in total. The molecule has 8 heteroatoms. The summed E-state index contributed by atoms with van der Waals surface area (Å²) in [5.74, 6) is -3.68. The zero-order valence-electron chi connectivity index (χ0n) is 17.1. The molecule has 3 aliphatic rings. The van der Waals surface area contributed by atoms with Gasteiger partial charge in [0.1, 0.15) is 0 Å². The third-order valence-electron chi connectivity index (χ3n) is 5.47. The number of fused-ring (bicyclic) bond motifs is 3. The number of ether oxygens (including phenoxy) is 6.